The van der Waals surface area contributed by atoms with Gasteiger partial charge < -0.3 is 5.21 Å². The van der Waals surface area contributed by atoms with Gasteiger partial charge in [-0.1, -0.05) is 0 Å². The van der Waals surface area contributed by atoms with Gasteiger partial charge in [0.25, 0.3) is 0 Å². The van der Waals surface area contributed by atoms with Crippen molar-refractivity contribution < 1.29 is 4.92 Å². The molecule has 0 saturated heterocycles. The smallest absolute Gasteiger partial charge is 0.352 e. The van der Waals surface area contributed by atoms with Crippen LogP contribution in [-0.2, 0) is 0 Å². The number of rotatable bonds is 1. The number of hydrogen-bond acceptors (Lipinski definition) is 3. The van der Waals surface area contributed by atoms with Gasteiger partial charge in [-0.25, -0.2) is 0 Å². The van der Waals surface area contributed by atoms with Gasteiger partial charge in [-0.2, -0.15) is 0 Å². The van der Waals surface area contributed by atoms with Crippen molar-refractivity contribution in [3.63, 3.8) is 0 Å². The summed E-state index contributed by atoms with van der Waals surface area (Å²) in [6.45, 7) is 0. The zero-order chi connectivity index (χ0) is 7.28. The molecule has 0 spiro atoms. The van der Waals surface area contributed by atoms with Crippen LogP contribution in [0.1, 0.15) is 0 Å². The van der Waals surface area contributed by atoms with Crippen LogP contribution < -0.4 is 0 Å². The minimum Gasteiger partial charge on any atom is -0.498 e. The maximum Gasteiger partial charge on any atom is 0.352 e. The van der Waals surface area contributed by atoms with Crippen LogP contribution in [0, 0.1) is 21.4 Å². The van der Waals surface area contributed by atoms with E-state index in [1.54, 1.807) is 6.07 Å². The largest absolute Gasteiger partial charge is 0.498 e. The van der Waals surface area contributed by atoms with Crippen LogP contribution in [0.15, 0.2) is 11.2 Å². The summed E-state index contributed by atoms with van der Waals surface area (Å²) < 4.78 is 0. The van der Waals surface area contributed by atoms with E-state index < -0.39 is 10.1 Å². The standard InChI is InChI=1S/C3HClN2O3/c4-3(6(8)9)1-2-5-7/h1H/b3-1+. The van der Waals surface area contributed by atoms with Crippen LogP contribution in [0.4, 0.5) is 0 Å². The molecule has 0 radical (unpaired) electrons. The lowest BCUT2D eigenvalue weighted by Gasteiger charge is -1.76. The fourth-order valence-corrected chi connectivity index (χ4v) is 0.181. The number of halogens is 1. The second-order valence-corrected chi connectivity index (χ2v) is 1.33. The summed E-state index contributed by atoms with van der Waals surface area (Å²) >= 11 is 4.90. The zero-order valence-electron chi connectivity index (χ0n) is 4.07. The lowest BCUT2D eigenvalue weighted by atomic mass is 10.7. The van der Waals surface area contributed by atoms with E-state index in [0.717, 1.165) is 0 Å². The van der Waals surface area contributed by atoms with E-state index in [9.17, 15) is 15.3 Å². The Balaban J connectivity index is 4.11. The van der Waals surface area contributed by atoms with Gasteiger partial charge in [0.1, 0.15) is 0 Å². The average Bonchev–Trinajstić information content (AvgIpc) is 1.82. The van der Waals surface area contributed by atoms with Crippen LogP contribution in [0.3, 0.4) is 0 Å². The molecule has 5 nitrogen and oxygen atoms in total. The predicted octanol–water partition coefficient (Wildman–Crippen LogP) is 1.17. The molecule has 0 fully saturated rings. The summed E-state index contributed by atoms with van der Waals surface area (Å²) in [5, 5.41) is 20.3. The summed E-state index contributed by atoms with van der Waals surface area (Å²) in [7, 11) is 0. The van der Waals surface area contributed by atoms with Crippen LogP contribution >= 0.6 is 11.6 Å². The highest BCUT2D eigenvalue weighted by Crippen LogP contribution is 1.98. The summed E-state index contributed by atoms with van der Waals surface area (Å²) in [5.41, 5.74) is 0. The topological polar surface area (TPSA) is 70.6 Å². The molecule has 0 aliphatic heterocycles. The van der Waals surface area contributed by atoms with E-state index in [1.165, 1.54) is 0 Å². The van der Waals surface area contributed by atoms with Crippen molar-refractivity contribution in [2.75, 3.05) is 0 Å². The van der Waals surface area contributed by atoms with Gasteiger partial charge in [0, 0.05) is 5.01 Å². The Kier molecular flexibility index (Phi) is 3.16. The molecule has 0 N–H and O–H groups in total. The highest BCUT2D eigenvalue weighted by atomic mass is 35.5. The average molecular weight is 149 g/mol. The Morgan fingerprint density at radius 3 is 2.78 bits per heavy atom. The third-order valence-electron chi connectivity index (χ3n) is 0.411. The van der Waals surface area contributed by atoms with Crippen molar-refractivity contribution in [3.05, 3.63) is 31.6 Å². The third kappa shape index (κ3) is 3.32. The van der Waals surface area contributed by atoms with Crippen molar-refractivity contribution in [2.24, 2.45) is 0 Å². The molecule has 0 aromatic carbocycles. The van der Waals surface area contributed by atoms with Gasteiger partial charge in [0.15, 0.2) is 6.08 Å². The molecule has 0 rings (SSSR count). The molecule has 0 heterocycles. The first kappa shape index (κ1) is 7.72. The van der Waals surface area contributed by atoms with Crippen LogP contribution in [-0.4, -0.2) is 4.92 Å². The quantitative estimate of drug-likeness (QED) is 0.243. The SMILES string of the molecule is O=[N+]([O-])/C(Cl)=C/C#[N+][O-]. The van der Waals surface area contributed by atoms with Crippen LogP contribution in [0.5, 0.6) is 0 Å². The molecule has 0 aliphatic rings. The molecule has 48 valence electrons. The Labute approximate surface area is 55.1 Å². The fourth-order valence-electron chi connectivity index (χ4n) is 0.132. The number of hydrogen-bond donors (Lipinski definition) is 0. The lowest BCUT2D eigenvalue weighted by Crippen LogP contribution is -1.88. The van der Waals surface area contributed by atoms with Crippen molar-refractivity contribution in [1.82, 2.24) is 0 Å². The van der Waals surface area contributed by atoms with Crippen LogP contribution in [0.25, 0.3) is 5.01 Å². The summed E-state index contributed by atoms with van der Waals surface area (Å²) in [5.74, 6) is 0. The lowest BCUT2D eigenvalue weighted by molar-refractivity contribution is -0.412. The van der Waals surface area contributed by atoms with Crippen molar-refractivity contribution in [3.8, 4) is 6.07 Å². The normalized spacial score (nSPS) is 9.67. The van der Waals surface area contributed by atoms with E-state index in [2.05, 4.69) is 5.01 Å². The summed E-state index contributed by atoms with van der Waals surface area (Å²) in [6.07, 6.45) is 0.675. The first-order valence-corrected chi connectivity index (χ1v) is 2.14. The van der Waals surface area contributed by atoms with E-state index in [1.807, 2.05) is 0 Å². The molecule has 0 aromatic heterocycles. The van der Waals surface area contributed by atoms with E-state index >= 15 is 0 Å². The van der Waals surface area contributed by atoms with Gasteiger partial charge in [0.2, 0.25) is 0 Å². The van der Waals surface area contributed by atoms with Gasteiger partial charge in [0.05, 0.1) is 4.92 Å². The molecule has 0 amide bonds. The van der Waals surface area contributed by atoms with Gasteiger partial charge in [-0.3, -0.25) is 10.1 Å². The minimum absolute atomic E-state index is 0.675. The molecule has 0 bridgehead atoms. The van der Waals surface area contributed by atoms with E-state index in [-0.39, 0.29) is 0 Å². The second kappa shape index (κ2) is 3.69. The minimum atomic E-state index is -0.861. The Morgan fingerprint density at radius 1 is 1.89 bits per heavy atom. The highest BCUT2D eigenvalue weighted by Gasteiger charge is 2.03. The maximum absolute atomic E-state index is 9.63. The van der Waals surface area contributed by atoms with Crippen LogP contribution in [0.2, 0.25) is 0 Å². The van der Waals surface area contributed by atoms with Gasteiger partial charge in [-0.15, -0.1) is 0 Å². The molecule has 0 unspecified atom stereocenters. The Morgan fingerprint density at radius 2 is 2.44 bits per heavy atom. The first-order valence-electron chi connectivity index (χ1n) is 1.76. The molecule has 0 atom stereocenters. The third-order valence-corrected chi connectivity index (χ3v) is 0.658. The number of nitrogens with zero attached hydrogens (tertiary/aromatic N) is 2. The molecule has 9 heavy (non-hydrogen) atoms. The molecule has 6 heteroatoms. The number of nitro groups is 1. The molecule has 0 saturated carbocycles. The predicted molar refractivity (Wildman–Crippen MR) is 31.5 cm³/mol. The monoisotopic (exact) mass is 148 g/mol. The Hall–Kier alpha value is -1.28. The molecule has 0 aromatic rings. The van der Waals surface area contributed by atoms with Crippen molar-refractivity contribution in [2.45, 2.75) is 0 Å². The second-order valence-electron chi connectivity index (χ2n) is 0.945. The first-order chi connectivity index (χ1) is 4.18. The molecular formula is C3HClN2O3. The molecule has 0 aliphatic carbocycles. The Bertz CT molecular complexity index is 201. The van der Waals surface area contributed by atoms with E-state index in [0.29, 0.717) is 6.08 Å². The van der Waals surface area contributed by atoms with Crippen molar-refractivity contribution >= 4 is 11.6 Å². The highest BCUT2D eigenvalue weighted by molar-refractivity contribution is 6.28. The van der Waals surface area contributed by atoms with Gasteiger partial charge >= 0.3 is 11.2 Å². The van der Waals surface area contributed by atoms with Crippen molar-refractivity contribution in [1.29, 1.82) is 0 Å². The zero-order valence-corrected chi connectivity index (χ0v) is 4.83. The van der Waals surface area contributed by atoms with Gasteiger partial charge in [-0.05, 0) is 11.6 Å². The van der Waals surface area contributed by atoms with E-state index in [4.69, 9.17) is 11.6 Å². The fraction of sp³-hybridized carbons (Fsp3) is 0. The molecular weight excluding hydrogens is 147 g/mol. The maximum atomic E-state index is 9.63. The number of allylic oxidation sites excluding steroid dienone is 1. The summed E-state index contributed by atoms with van der Waals surface area (Å²) in [4.78, 5) is 8.77. The summed E-state index contributed by atoms with van der Waals surface area (Å²) in [6, 6.07) is 1.66.